The van der Waals surface area contributed by atoms with Crippen molar-refractivity contribution in [2.45, 2.75) is 335 Å². The number of esters is 3. The second-order valence-corrected chi connectivity index (χ2v) is 21.0. The monoisotopic (exact) mass is 995 g/mol. The van der Waals surface area contributed by atoms with Crippen LogP contribution in [0.25, 0.3) is 0 Å². The van der Waals surface area contributed by atoms with Gasteiger partial charge in [-0.1, -0.05) is 262 Å². The maximum absolute atomic E-state index is 12.9. The quantitative estimate of drug-likeness (QED) is 0.0261. The molecule has 6 heteroatoms. The third-order valence-electron chi connectivity index (χ3n) is 13.8. The minimum Gasteiger partial charge on any atom is -0.462 e. The Kier molecular flexibility index (Phi) is 57.7. The highest BCUT2D eigenvalue weighted by Gasteiger charge is 2.19. The van der Waals surface area contributed by atoms with Crippen LogP contribution in [0.4, 0.5) is 0 Å². The molecule has 0 saturated carbocycles. The molecular weight excluding hydrogens is 877 g/mol. The maximum atomic E-state index is 12.9. The van der Waals surface area contributed by atoms with Crippen LogP contribution in [-0.2, 0) is 28.6 Å². The van der Waals surface area contributed by atoms with Crippen LogP contribution in [0.15, 0.2) is 48.6 Å². The van der Waals surface area contributed by atoms with E-state index in [1.165, 1.54) is 205 Å². The SMILES string of the molecule is CCC/C=C\CCCCCCCC(=O)OCC(COC(=O)CCCCCCCCCCCCCCC/C=C\CCCCCCCCCC)OC(=O)CCCCCCCCC/C=C\C/C=C\CCCCCC. The molecule has 0 N–H and O–H groups in total. The summed E-state index contributed by atoms with van der Waals surface area (Å²) in [5, 5.41) is 0. The van der Waals surface area contributed by atoms with Gasteiger partial charge in [0.2, 0.25) is 0 Å². The second kappa shape index (κ2) is 59.9. The zero-order valence-corrected chi connectivity index (χ0v) is 47.5. The lowest BCUT2D eigenvalue weighted by atomic mass is 10.0. The maximum Gasteiger partial charge on any atom is 0.306 e. The number of rotatable bonds is 57. The highest BCUT2D eigenvalue weighted by atomic mass is 16.6. The minimum atomic E-state index is -0.779. The highest BCUT2D eigenvalue weighted by Crippen LogP contribution is 2.17. The average Bonchev–Trinajstić information content (AvgIpc) is 3.37. The van der Waals surface area contributed by atoms with Crippen molar-refractivity contribution in [3.63, 3.8) is 0 Å². The molecule has 0 fully saturated rings. The van der Waals surface area contributed by atoms with E-state index in [0.29, 0.717) is 19.3 Å². The first-order chi connectivity index (χ1) is 35.0. The third kappa shape index (κ3) is 58.1. The summed E-state index contributed by atoms with van der Waals surface area (Å²) in [4.78, 5) is 38.2. The first-order valence-electron chi connectivity index (χ1n) is 31.1. The van der Waals surface area contributed by atoms with Gasteiger partial charge in [-0.25, -0.2) is 0 Å². The molecule has 414 valence electrons. The van der Waals surface area contributed by atoms with Crippen molar-refractivity contribution in [1.29, 1.82) is 0 Å². The molecule has 0 spiro atoms. The topological polar surface area (TPSA) is 78.9 Å². The van der Waals surface area contributed by atoms with Crippen LogP contribution >= 0.6 is 0 Å². The van der Waals surface area contributed by atoms with Gasteiger partial charge in [0.1, 0.15) is 13.2 Å². The highest BCUT2D eigenvalue weighted by molar-refractivity contribution is 5.71. The summed E-state index contributed by atoms with van der Waals surface area (Å²) < 4.78 is 16.9. The smallest absolute Gasteiger partial charge is 0.306 e. The Morgan fingerprint density at radius 2 is 0.535 bits per heavy atom. The standard InChI is InChI=1S/C65H118O6/c1-4-7-10-13-16-19-22-24-26-28-30-31-32-33-34-35-36-38-39-41-43-46-49-52-55-58-64(67)70-61-62(60-69-63(66)57-54-51-48-45-21-18-15-12-9-6-3)71-65(68)59-56-53-50-47-44-42-40-37-29-27-25-23-20-17-14-11-8-5-2/h12,15,20,23,27-30,62H,4-11,13-14,16-19,21-22,24-26,31-61H2,1-3H3/b15-12-,23-20-,29-27-,30-28-. The first-order valence-corrected chi connectivity index (χ1v) is 31.1. The zero-order valence-electron chi connectivity index (χ0n) is 47.5. The summed E-state index contributed by atoms with van der Waals surface area (Å²) in [6, 6.07) is 0. The Morgan fingerprint density at radius 3 is 0.859 bits per heavy atom. The van der Waals surface area contributed by atoms with Crippen LogP contribution in [0.5, 0.6) is 0 Å². The van der Waals surface area contributed by atoms with E-state index in [4.69, 9.17) is 14.2 Å². The number of unbranched alkanes of at least 4 members (excludes halogenated alkanes) is 38. The summed E-state index contributed by atoms with van der Waals surface area (Å²) in [6.07, 6.45) is 74.1. The van der Waals surface area contributed by atoms with Gasteiger partial charge in [0, 0.05) is 19.3 Å². The van der Waals surface area contributed by atoms with Gasteiger partial charge >= 0.3 is 17.9 Å². The van der Waals surface area contributed by atoms with E-state index in [9.17, 15) is 14.4 Å². The van der Waals surface area contributed by atoms with Crippen LogP contribution in [-0.4, -0.2) is 37.2 Å². The van der Waals surface area contributed by atoms with Gasteiger partial charge in [0.05, 0.1) is 0 Å². The molecule has 0 aliphatic heterocycles. The lowest BCUT2D eigenvalue weighted by molar-refractivity contribution is -0.167. The number of ether oxygens (including phenoxy) is 3. The zero-order chi connectivity index (χ0) is 51.4. The van der Waals surface area contributed by atoms with Crippen molar-refractivity contribution >= 4 is 17.9 Å². The van der Waals surface area contributed by atoms with E-state index < -0.39 is 6.10 Å². The molecule has 6 nitrogen and oxygen atoms in total. The van der Waals surface area contributed by atoms with Gasteiger partial charge in [-0.05, 0) is 96.3 Å². The van der Waals surface area contributed by atoms with E-state index >= 15 is 0 Å². The van der Waals surface area contributed by atoms with Crippen LogP contribution in [0, 0.1) is 0 Å². The number of allylic oxidation sites excluding steroid dienone is 8. The minimum absolute atomic E-state index is 0.0770. The predicted octanol–water partition coefficient (Wildman–Crippen LogP) is 21.0. The molecule has 0 heterocycles. The lowest BCUT2D eigenvalue weighted by Gasteiger charge is -2.18. The fourth-order valence-electron chi connectivity index (χ4n) is 9.06. The van der Waals surface area contributed by atoms with Gasteiger partial charge in [0.15, 0.2) is 6.10 Å². The van der Waals surface area contributed by atoms with Gasteiger partial charge in [0.25, 0.3) is 0 Å². The summed E-state index contributed by atoms with van der Waals surface area (Å²) in [5.41, 5.74) is 0. The van der Waals surface area contributed by atoms with Gasteiger partial charge in [-0.3, -0.25) is 14.4 Å². The van der Waals surface area contributed by atoms with Crippen LogP contribution in [0.2, 0.25) is 0 Å². The number of hydrogen-bond donors (Lipinski definition) is 0. The Labute approximate surface area is 441 Å². The van der Waals surface area contributed by atoms with Crippen LogP contribution < -0.4 is 0 Å². The predicted molar refractivity (Wildman–Crippen MR) is 307 cm³/mol. The summed E-state index contributed by atoms with van der Waals surface area (Å²) in [6.45, 7) is 6.59. The molecule has 1 atom stereocenters. The second-order valence-electron chi connectivity index (χ2n) is 21.0. The van der Waals surface area contributed by atoms with Crippen molar-refractivity contribution in [2.75, 3.05) is 13.2 Å². The summed E-state index contributed by atoms with van der Waals surface area (Å²) >= 11 is 0. The fourth-order valence-corrected chi connectivity index (χ4v) is 9.06. The molecule has 71 heavy (non-hydrogen) atoms. The van der Waals surface area contributed by atoms with Crippen LogP contribution in [0.1, 0.15) is 329 Å². The van der Waals surface area contributed by atoms with Crippen molar-refractivity contribution in [3.8, 4) is 0 Å². The first kappa shape index (κ1) is 68.4. The molecule has 1 unspecified atom stereocenters. The molecular formula is C65H118O6. The summed E-state index contributed by atoms with van der Waals surface area (Å²) in [7, 11) is 0. The van der Waals surface area contributed by atoms with E-state index in [-0.39, 0.29) is 31.1 Å². The van der Waals surface area contributed by atoms with Crippen molar-refractivity contribution in [3.05, 3.63) is 48.6 Å². The third-order valence-corrected chi connectivity index (χ3v) is 13.8. The Hall–Kier alpha value is -2.63. The molecule has 0 radical (unpaired) electrons. The lowest BCUT2D eigenvalue weighted by Crippen LogP contribution is -2.30. The average molecular weight is 996 g/mol. The molecule has 0 aliphatic carbocycles. The van der Waals surface area contributed by atoms with E-state index in [1.54, 1.807) is 0 Å². The van der Waals surface area contributed by atoms with Crippen molar-refractivity contribution in [2.24, 2.45) is 0 Å². The Morgan fingerprint density at radius 1 is 0.282 bits per heavy atom. The Bertz CT molecular complexity index is 1230. The van der Waals surface area contributed by atoms with Crippen LogP contribution in [0.3, 0.4) is 0 Å². The number of carbonyl (C=O) groups is 3. The molecule has 0 aromatic rings. The number of hydrogen-bond acceptors (Lipinski definition) is 6. The van der Waals surface area contributed by atoms with E-state index in [0.717, 1.165) is 83.5 Å². The largest absolute Gasteiger partial charge is 0.462 e. The molecule has 0 rings (SSSR count). The van der Waals surface area contributed by atoms with E-state index in [1.807, 2.05) is 0 Å². The fraction of sp³-hybridized carbons (Fsp3) is 0.831. The Balaban J connectivity index is 4.21. The molecule has 0 aromatic carbocycles. The molecule has 0 aromatic heterocycles. The summed E-state index contributed by atoms with van der Waals surface area (Å²) in [5.74, 6) is -0.881. The molecule has 0 aliphatic rings. The van der Waals surface area contributed by atoms with Gasteiger partial charge in [-0.2, -0.15) is 0 Å². The molecule has 0 saturated heterocycles. The van der Waals surface area contributed by atoms with Crippen molar-refractivity contribution < 1.29 is 28.6 Å². The van der Waals surface area contributed by atoms with E-state index in [2.05, 4.69) is 69.4 Å². The van der Waals surface area contributed by atoms with Gasteiger partial charge in [-0.15, -0.1) is 0 Å². The van der Waals surface area contributed by atoms with Crippen molar-refractivity contribution in [1.82, 2.24) is 0 Å². The number of carbonyl (C=O) groups excluding carboxylic acids is 3. The molecule has 0 bridgehead atoms. The molecule has 0 amide bonds. The normalized spacial score (nSPS) is 12.3. The van der Waals surface area contributed by atoms with Gasteiger partial charge < -0.3 is 14.2 Å².